The smallest absolute Gasteiger partial charge is 0.325 e. The van der Waals surface area contributed by atoms with Crippen LogP contribution in [-0.2, 0) is 15.6 Å². The van der Waals surface area contributed by atoms with E-state index in [0.29, 0.717) is 31.4 Å². The average Bonchev–Trinajstić information content (AvgIpc) is 3.56. The molecule has 0 fully saturated rings. The largest absolute Gasteiger partial charge is 0.355 e. The zero-order valence-corrected chi connectivity index (χ0v) is 25.9. The maximum Gasteiger partial charge on any atom is 0.325 e. The van der Waals surface area contributed by atoms with Crippen molar-refractivity contribution in [3.63, 3.8) is 0 Å². The van der Waals surface area contributed by atoms with Crippen molar-refractivity contribution >= 4 is 60.1 Å². The van der Waals surface area contributed by atoms with E-state index in [1.807, 2.05) is 58.0 Å². The highest BCUT2D eigenvalue weighted by Crippen LogP contribution is 2.40. The fourth-order valence-electron chi connectivity index (χ4n) is 5.57. The third-order valence-electron chi connectivity index (χ3n) is 7.83. The molecule has 3 aromatic heterocycles. The molecule has 8 bridgehead atoms. The summed E-state index contributed by atoms with van der Waals surface area (Å²) < 4.78 is 23.1. The van der Waals surface area contributed by atoms with E-state index in [1.54, 1.807) is 0 Å². The van der Waals surface area contributed by atoms with Crippen molar-refractivity contribution in [1.29, 1.82) is 0 Å². The molecule has 12 heteroatoms. The minimum Gasteiger partial charge on any atom is -0.355 e. The second-order valence-electron chi connectivity index (χ2n) is 11.2. The van der Waals surface area contributed by atoms with Gasteiger partial charge in [0.15, 0.2) is 0 Å². The number of hydrogen-bond acceptors (Lipinski definition) is 4. The lowest BCUT2D eigenvalue weighted by atomic mass is 10.0. The lowest BCUT2D eigenvalue weighted by Gasteiger charge is -2.07. The molecule has 5 rings (SSSR count). The Bertz CT molecular complexity index is 1890. The summed E-state index contributed by atoms with van der Waals surface area (Å²) in [6.07, 6.45) is 3.12. The molecule has 0 saturated carbocycles. The van der Waals surface area contributed by atoms with Gasteiger partial charge in [0.1, 0.15) is 0 Å². The van der Waals surface area contributed by atoms with E-state index in [-0.39, 0.29) is 12.3 Å². The van der Waals surface area contributed by atoms with Crippen LogP contribution in [0.3, 0.4) is 0 Å². The minimum absolute atomic E-state index is 0.209. The molecule has 2 aliphatic heterocycles. The Kier molecular flexibility index (Phi) is 8.33. The normalized spacial score (nSPS) is 14.0. The van der Waals surface area contributed by atoms with E-state index >= 15 is 0 Å². The molecule has 5 heterocycles. The Labute approximate surface area is 244 Å². The number of fused-ring (bicyclic) bond motifs is 8. The number of nitrogens with one attached hydrogen (secondary N) is 2. The molecule has 0 radical (unpaired) electrons. The zero-order valence-electron chi connectivity index (χ0n) is 24.1. The van der Waals surface area contributed by atoms with Crippen LogP contribution in [-0.4, -0.2) is 51.8 Å². The monoisotopic (exact) mass is 610 g/mol. The third-order valence-corrected chi connectivity index (χ3v) is 9.63. The van der Waals surface area contributed by atoms with Crippen molar-refractivity contribution in [1.82, 2.24) is 19.9 Å². The van der Waals surface area contributed by atoms with Crippen LogP contribution in [0.1, 0.15) is 72.6 Å². The van der Waals surface area contributed by atoms with Crippen molar-refractivity contribution in [3.05, 3.63) is 69.8 Å². The van der Waals surface area contributed by atoms with Gasteiger partial charge in [0, 0.05) is 22.1 Å². The summed E-state index contributed by atoms with van der Waals surface area (Å²) in [6.45, 7) is 8.00. The molecule has 6 N–H and O–H groups in total. The lowest BCUT2D eigenvalue weighted by molar-refractivity contribution is 0.369. The van der Waals surface area contributed by atoms with E-state index < -0.39 is 15.2 Å². The maximum atomic E-state index is 11.6. The highest BCUT2D eigenvalue weighted by Gasteiger charge is 2.21. The number of aromatic nitrogens is 4. The number of aromatic amines is 2. The third kappa shape index (κ3) is 6.92. The highest BCUT2D eigenvalue weighted by molar-refractivity contribution is 7.52. The van der Waals surface area contributed by atoms with E-state index in [1.165, 1.54) is 0 Å². The Balaban J connectivity index is 1.77. The summed E-state index contributed by atoms with van der Waals surface area (Å²) in [5.41, 5.74) is 12.4. The van der Waals surface area contributed by atoms with Crippen LogP contribution in [0.5, 0.6) is 0 Å². The Morgan fingerprint density at radius 1 is 0.714 bits per heavy atom. The zero-order chi connectivity index (χ0) is 30.4. The summed E-state index contributed by atoms with van der Waals surface area (Å²) in [5.74, 6) is 0. The molecular formula is C30H36N4O6P2. The quantitative estimate of drug-likeness (QED) is 0.157. The van der Waals surface area contributed by atoms with Gasteiger partial charge in [-0.15, -0.1) is 0 Å². The van der Waals surface area contributed by atoms with E-state index in [2.05, 4.69) is 16.0 Å². The molecule has 42 heavy (non-hydrogen) atoms. The molecule has 3 aromatic rings. The molecule has 0 unspecified atom stereocenters. The summed E-state index contributed by atoms with van der Waals surface area (Å²) in [4.78, 5) is 54.6. The van der Waals surface area contributed by atoms with Gasteiger partial charge in [-0.2, -0.15) is 0 Å². The van der Waals surface area contributed by atoms with Gasteiger partial charge < -0.3 is 29.5 Å². The van der Waals surface area contributed by atoms with Crippen LogP contribution in [0.15, 0.2) is 30.3 Å². The molecule has 0 spiro atoms. The Hall–Kier alpha value is -3.10. The van der Waals surface area contributed by atoms with Crippen molar-refractivity contribution in [2.75, 3.05) is 12.3 Å². The number of H-pyrrole nitrogens is 2. The first-order valence-corrected chi connectivity index (χ1v) is 17.5. The van der Waals surface area contributed by atoms with Gasteiger partial charge in [-0.25, -0.2) is 9.97 Å². The number of nitrogens with zero attached hydrogens (tertiary/aromatic N) is 2. The predicted molar refractivity (Wildman–Crippen MR) is 168 cm³/mol. The summed E-state index contributed by atoms with van der Waals surface area (Å²) in [5, 5.41) is 0. The van der Waals surface area contributed by atoms with Crippen molar-refractivity contribution in [3.8, 4) is 0 Å². The van der Waals surface area contributed by atoms with Crippen LogP contribution in [0.2, 0.25) is 0 Å². The van der Waals surface area contributed by atoms with E-state index in [9.17, 15) is 28.7 Å². The molecule has 0 atom stereocenters. The number of rotatable bonds is 8. The van der Waals surface area contributed by atoms with Crippen LogP contribution in [0.25, 0.3) is 44.9 Å². The fraction of sp³-hybridized carbons (Fsp3) is 0.333. The second-order valence-corrected chi connectivity index (χ2v) is 14.7. The van der Waals surface area contributed by atoms with Gasteiger partial charge in [-0.3, -0.25) is 9.13 Å². The van der Waals surface area contributed by atoms with Crippen molar-refractivity contribution < 1.29 is 28.7 Å². The first kappa shape index (κ1) is 30.4. The predicted octanol–water partition coefficient (Wildman–Crippen LogP) is 6.49. The summed E-state index contributed by atoms with van der Waals surface area (Å²) in [7, 11) is -8.28. The number of allylic oxidation sites excluding steroid dienone is 3. The Morgan fingerprint density at radius 2 is 1.40 bits per heavy atom. The van der Waals surface area contributed by atoms with Gasteiger partial charge in [-0.05, 0) is 123 Å². The molecule has 10 nitrogen and oxygen atoms in total. The first-order valence-electron chi connectivity index (χ1n) is 13.9. The average molecular weight is 611 g/mol. The summed E-state index contributed by atoms with van der Waals surface area (Å²) in [6, 6.07) is 9.99. The van der Waals surface area contributed by atoms with Crippen LogP contribution >= 0.6 is 15.2 Å². The molecule has 0 saturated heterocycles. The molecule has 0 aromatic carbocycles. The number of aryl methyl sites for hydroxylation is 3. The van der Waals surface area contributed by atoms with Gasteiger partial charge in [0.25, 0.3) is 0 Å². The first-order chi connectivity index (χ1) is 19.7. The Morgan fingerprint density at radius 3 is 2.10 bits per heavy atom. The van der Waals surface area contributed by atoms with Crippen LogP contribution < -0.4 is 0 Å². The SMILES string of the molecule is CC1=Cc2cc3[nH]c(cc3C)cc3[nH]c(cc4nc(cc1n2)C(C)=C4CCCP(=O)(O)O)c(CCCP(=O)(O)O)c3C. The van der Waals surface area contributed by atoms with Gasteiger partial charge in [0.05, 0.1) is 35.1 Å². The van der Waals surface area contributed by atoms with Crippen LogP contribution in [0, 0.1) is 13.8 Å². The highest BCUT2D eigenvalue weighted by atomic mass is 31.2. The molecule has 2 aliphatic rings. The lowest BCUT2D eigenvalue weighted by Crippen LogP contribution is -1.93. The number of hydrogen-bond donors (Lipinski definition) is 6. The van der Waals surface area contributed by atoms with Gasteiger partial charge in [0.2, 0.25) is 0 Å². The molecule has 0 amide bonds. The van der Waals surface area contributed by atoms with E-state index in [4.69, 9.17) is 9.97 Å². The second kappa shape index (κ2) is 11.5. The standard InChI is InChI=1S/C30H36N4O6P2/c1-17-11-22-14-27-19(3)23(7-5-9-41(35,36)37)29(33-27)16-30-24(8-6-10-42(38,39)40)20(4)28(34-30)15-26-18(2)12-21(32-26)13-25(17)31-22/h11-16,31,33H,5-10H2,1-4H3,(H2,35,36,37)(H2,38,39,40). The van der Waals surface area contributed by atoms with Gasteiger partial charge in [-0.1, -0.05) is 0 Å². The van der Waals surface area contributed by atoms with Gasteiger partial charge >= 0.3 is 15.2 Å². The minimum atomic E-state index is -4.14. The fourth-order valence-corrected chi connectivity index (χ4v) is 6.71. The van der Waals surface area contributed by atoms with Crippen molar-refractivity contribution in [2.45, 2.75) is 53.4 Å². The van der Waals surface area contributed by atoms with Crippen molar-refractivity contribution in [2.24, 2.45) is 0 Å². The molecular weight excluding hydrogens is 574 g/mol. The maximum absolute atomic E-state index is 11.6. The molecule has 0 aliphatic carbocycles. The summed E-state index contributed by atoms with van der Waals surface area (Å²) >= 11 is 0. The van der Waals surface area contributed by atoms with E-state index in [0.717, 1.165) is 72.6 Å². The molecule has 222 valence electrons. The topological polar surface area (TPSA) is 172 Å². The van der Waals surface area contributed by atoms with Crippen LogP contribution in [0.4, 0.5) is 0 Å².